The zero-order valence-electron chi connectivity index (χ0n) is 33.3. The minimum atomic E-state index is -4.86. The maximum atomic E-state index is 14.1. The first kappa shape index (κ1) is 43.8. The number of benzene rings is 1. The van der Waals surface area contributed by atoms with E-state index in [0.29, 0.717) is 38.5 Å². The highest BCUT2D eigenvalue weighted by molar-refractivity contribution is 6.38. The molecular weight excluding hydrogens is 737 g/mol. The molecule has 56 heavy (non-hydrogen) atoms. The van der Waals surface area contributed by atoms with Gasteiger partial charge in [-0.05, 0) is 117 Å². The number of aliphatic imine (C=N–C) groups is 1. The number of primary amides is 1. The van der Waals surface area contributed by atoms with E-state index in [2.05, 4.69) is 20.7 Å². The quantitative estimate of drug-likeness (QED) is 0.0889. The van der Waals surface area contributed by atoms with E-state index >= 15 is 0 Å². The fourth-order valence-corrected chi connectivity index (χ4v) is 6.64. The Balaban J connectivity index is 1.44. The van der Waals surface area contributed by atoms with Crippen molar-refractivity contribution in [2.45, 2.75) is 143 Å². The number of nitrogens with one attached hydrogen (secondary N) is 2. The number of esters is 1. The van der Waals surface area contributed by atoms with Crippen LogP contribution in [-0.4, -0.2) is 75.2 Å². The van der Waals surface area contributed by atoms with Crippen LogP contribution in [0.1, 0.15) is 139 Å². The lowest BCUT2D eigenvalue weighted by molar-refractivity contribution is -0.142. The molecule has 0 saturated heterocycles. The summed E-state index contributed by atoms with van der Waals surface area (Å²) in [5.41, 5.74) is 2.55. The van der Waals surface area contributed by atoms with E-state index in [1.807, 2.05) is 0 Å². The molecule has 0 atom stereocenters. The second kappa shape index (κ2) is 17.0. The zero-order chi connectivity index (χ0) is 41.8. The number of anilines is 1. The Morgan fingerprint density at radius 2 is 1.61 bits per heavy atom. The number of carbonyl (C=O) groups is 5. The van der Waals surface area contributed by atoms with Crippen molar-refractivity contribution in [1.29, 1.82) is 0 Å². The number of alkyl carbamates (subject to hydrolysis) is 1. The average Bonchev–Trinajstić information content (AvgIpc) is 3.42. The fourth-order valence-electron chi connectivity index (χ4n) is 6.64. The van der Waals surface area contributed by atoms with Crippen LogP contribution < -0.4 is 16.4 Å². The van der Waals surface area contributed by atoms with E-state index in [9.17, 15) is 37.1 Å². The highest BCUT2D eigenvalue weighted by Gasteiger charge is 2.45. The number of aromatic nitrogens is 2. The molecule has 17 heteroatoms. The van der Waals surface area contributed by atoms with Crippen LogP contribution in [0.25, 0.3) is 5.69 Å². The van der Waals surface area contributed by atoms with E-state index in [0.717, 1.165) is 4.68 Å². The maximum Gasteiger partial charge on any atom is 0.435 e. The highest BCUT2D eigenvalue weighted by atomic mass is 19.4. The molecule has 1 saturated carbocycles. The highest BCUT2D eigenvalue weighted by Crippen LogP contribution is 2.42. The molecule has 0 aliphatic heterocycles. The molecule has 1 heterocycles. The normalized spacial score (nSPS) is 18.8. The number of hydrogen-bond donors (Lipinski definition) is 3. The molecule has 0 spiro atoms. The largest absolute Gasteiger partial charge is 0.458 e. The van der Waals surface area contributed by atoms with Gasteiger partial charge in [-0.2, -0.15) is 23.3 Å². The number of nitrogens with zero attached hydrogens (tertiary/aromatic N) is 3. The molecule has 0 bridgehead atoms. The SMILES string of the molecule is CC1(C)CC(=O)c2c(C(F)(F)F)nn(-c3ccc(C(N)=O)c(NC4CCC(OC(=O)C(CCCCNC(=O)OC(C)(C)C)=NC(=O)OC(C)(C)C)CC4)c3)c2C1. The Labute approximate surface area is 324 Å². The first-order valence-corrected chi connectivity index (χ1v) is 18.7. The molecule has 2 aromatic rings. The van der Waals surface area contributed by atoms with Crippen LogP contribution in [0, 0.1) is 5.41 Å². The molecule has 3 amide bonds. The fraction of sp³-hybridized carbons (Fsp3) is 0.615. The smallest absolute Gasteiger partial charge is 0.435 e. The molecule has 4 N–H and O–H groups in total. The topological polar surface area (TPSA) is 193 Å². The van der Waals surface area contributed by atoms with E-state index in [4.69, 9.17) is 19.9 Å². The van der Waals surface area contributed by atoms with Crippen LogP contribution in [0.15, 0.2) is 23.2 Å². The van der Waals surface area contributed by atoms with E-state index in [1.54, 1.807) is 55.4 Å². The summed E-state index contributed by atoms with van der Waals surface area (Å²) in [6, 6.07) is 4.11. The number of rotatable bonds is 11. The summed E-state index contributed by atoms with van der Waals surface area (Å²) in [5.74, 6) is -2.15. The van der Waals surface area contributed by atoms with Crippen LogP contribution in [0.2, 0.25) is 0 Å². The lowest BCUT2D eigenvalue weighted by Gasteiger charge is -2.30. The zero-order valence-corrected chi connectivity index (χ0v) is 33.3. The monoisotopic (exact) mass is 790 g/mol. The first-order valence-electron chi connectivity index (χ1n) is 18.7. The molecule has 1 aromatic heterocycles. The molecule has 308 valence electrons. The molecule has 0 radical (unpaired) electrons. The van der Waals surface area contributed by atoms with Gasteiger partial charge < -0.3 is 30.6 Å². The summed E-state index contributed by atoms with van der Waals surface area (Å²) in [5, 5.41) is 9.80. The second-order valence-corrected chi connectivity index (χ2v) is 17.1. The van der Waals surface area contributed by atoms with E-state index in [1.165, 1.54) is 18.2 Å². The number of Topliss-reactive ketones (excluding diaryl/α,β-unsaturated/α-hetero) is 1. The molecule has 4 rings (SSSR count). The van der Waals surface area contributed by atoms with Crippen LogP contribution >= 0.6 is 0 Å². The maximum absolute atomic E-state index is 14.1. The third kappa shape index (κ3) is 12.3. The van der Waals surface area contributed by atoms with Gasteiger partial charge in [-0.25, -0.2) is 19.1 Å². The van der Waals surface area contributed by atoms with E-state index in [-0.39, 0.29) is 60.2 Å². The number of alkyl halides is 3. The molecule has 2 aliphatic rings. The van der Waals surface area contributed by atoms with Crippen molar-refractivity contribution < 1.29 is 51.4 Å². The summed E-state index contributed by atoms with van der Waals surface area (Å²) in [4.78, 5) is 67.1. The Kier molecular flexibility index (Phi) is 13.3. The predicted molar refractivity (Wildman–Crippen MR) is 201 cm³/mol. The van der Waals surface area contributed by atoms with Crippen LogP contribution in [0.5, 0.6) is 0 Å². The van der Waals surface area contributed by atoms with Crippen molar-refractivity contribution in [2.75, 3.05) is 11.9 Å². The standard InChI is InChI=1S/C39H53F3N6O8/c1-36(2,3)55-34(52)44-18-10-9-11-26(46-35(53)56-37(4,5)6)33(51)54-24-15-12-22(13-16-24)45-27-19-23(14-17-25(27)32(43)50)48-28-20-38(7,8)21-29(49)30(28)31(47-48)39(40,41)42/h14,17,19,22,24,45H,9-13,15-16,18,20-21H2,1-8H3,(H2,43,50)(H,44,52). The Hall–Kier alpha value is -4.96. The average molecular weight is 791 g/mol. The van der Waals surface area contributed by atoms with Gasteiger partial charge >= 0.3 is 24.3 Å². The molecule has 0 unspecified atom stereocenters. The Morgan fingerprint density at radius 3 is 2.20 bits per heavy atom. The summed E-state index contributed by atoms with van der Waals surface area (Å²) < 4.78 is 59.6. The minimum Gasteiger partial charge on any atom is -0.458 e. The van der Waals surface area contributed by atoms with Crippen molar-refractivity contribution in [1.82, 2.24) is 15.1 Å². The Bertz CT molecular complexity index is 1850. The van der Waals surface area contributed by atoms with Gasteiger partial charge in [-0.1, -0.05) is 13.8 Å². The van der Waals surface area contributed by atoms with Gasteiger partial charge in [0, 0.05) is 24.7 Å². The summed E-state index contributed by atoms with van der Waals surface area (Å²) >= 11 is 0. The minimum absolute atomic E-state index is 0.0485. The van der Waals surface area contributed by atoms with Gasteiger partial charge in [0.25, 0.3) is 5.91 Å². The van der Waals surface area contributed by atoms with E-state index < -0.39 is 70.0 Å². The predicted octanol–water partition coefficient (Wildman–Crippen LogP) is 7.48. The number of nitrogens with two attached hydrogens (primary N) is 1. The Morgan fingerprint density at radius 1 is 0.964 bits per heavy atom. The molecule has 1 aromatic carbocycles. The lowest BCUT2D eigenvalue weighted by atomic mass is 9.75. The van der Waals surface area contributed by atoms with Crippen molar-refractivity contribution in [3.8, 4) is 5.69 Å². The number of ether oxygens (including phenoxy) is 3. The van der Waals surface area contributed by atoms with Crippen LogP contribution in [-0.2, 0) is 31.6 Å². The number of unbranched alkanes of at least 4 members (excludes halogenated alkanes) is 1. The number of halogens is 3. The summed E-state index contributed by atoms with van der Waals surface area (Å²) in [7, 11) is 0. The van der Waals surface area contributed by atoms with Gasteiger partial charge in [0.1, 0.15) is 23.0 Å². The van der Waals surface area contributed by atoms with Crippen LogP contribution in [0.3, 0.4) is 0 Å². The van der Waals surface area contributed by atoms with Gasteiger partial charge in [0.15, 0.2) is 11.5 Å². The number of fused-ring (bicyclic) bond motifs is 1. The lowest BCUT2D eigenvalue weighted by Crippen LogP contribution is -2.34. The summed E-state index contributed by atoms with van der Waals surface area (Å²) in [6.07, 6.45) is -4.01. The van der Waals surface area contributed by atoms with Gasteiger partial charge in [0.2, 0.25) is 0 Å². The number of amides is 3. The van der Waals surface area contributed by atoms with Crippen molar-refractivity contribution in [3.63, 3.8) is 0 Å². The van der Waals surface area contributed by atoms with Gasteiger partial charge in [-0.3, -0.25) is 9.59 Å². The number of carbonyl (C=O) groups excluding carboxylic acids is 5. The van der Waals surface area contributed by atoms with Crippen molar-refractivity contribution >= 4 is 41.2 Å². The first-order chi connectivity index (χ1) is 25.8. The molecule has 1 fully saturated rings. The van der Waals surface area contributed by atoms with Crippen LogP contribution in [0.4, 0.5) is 28.4 Å². The third-order valence-electron chi connectivity index (χ3n) is 9.00. The van der Waals surface area contributed by atoms with Crippen molar-refractivity contribution in [3.05, 3.63) is 40.7 Å². The second-order valence-electron chi connectivity index (χ2n) is 17.1. The molecular formula is C39H53F3N6O8. The molecule has 2 aliphatic carbocycles. The van der Waals surface area contributed by atoms with Gasteiger partial charge in [-0.15, -0.1) is 0 Å². The van der Waals surface area contributed by atoms with Gasteiger partial charge in [0.05, 0.1) is 22.5 Å². The summed E-state index contributed by atoms with van der Waals surface area (Å²) in [6.45, 7) is 14.2. The number of ketones is 1. The third-order valence-corrected chi connectivity index (χ3v) is 9.00. The number of hydrogen-bond acceptors (Lipinski definition) is 10. The molecule has 14 nitrogen and oxygen atoms in total. The van der Waals surface area contributed by atoms with Crippen molar-refractivity contribution in [2.24, 2.45) is 16.1 Å².